The van der Waals surface area contributed by atoms with Gasteiger partial charge in [-0.25, -0.2) is 0 Å². The number of benzene rings is 1. The van der Waals surface area contributed by atoms with Crippen molar-refractivity contribution < 1.29 is 9.31 Å². The van der Waals surface area contributed by atoms with Crippen molar-refractivity contribution in [2.75, 3.05) is 26.3 Å². The molecular weight excluding hydrogens is 236 g/mol. The molecule has 0 aliphatic carbocycles. The van der Waals surface area contributed by atoms with Gasteiger partial charge in [-0.05, 0) is 22.2 Å². The summed E-state index contributed by atoms with van der Waals surface area (Å²) >= 11 is 6.10. The third-order valence-corrected chi connectivity index (χ3v) is 2.83. The summed E-state index contributed by atoms with van der Waals surface area (Å²) in [5.41, 5.74) is 1.18. The number of halogens is 1. The maximum absolute atomic E-state index is 6.10. The van der Waals surface area contributed by atoms with Gasteiger partial charge in [-0.2, -0.15) is 0 Å². The molecule has 1 fully saturated rings. The summed E-state index contributed by atoms with van der Waals surface area (Å²) in [5, 5.41) is 0.614. The topological polar surface area (TPSA) is 24.6 Å². The van der Waals surface area contributed by atoms with Crippen LogP contribution in [0.3, 0.4) is 0 Å². The lowest BCUT2D eigenvalue weighted by Gasteiger charge is -2.11. The molecule has 90 valence electrons. The fourth-order valence-corrected chi connectivity index (χ4v) is 1.85. The summed E-state index contributed by atoms with van der Waals surface area (Å²) in [7, 11) is 0. The highest BCUT2D eigenvalue weighted by atomic mass is 35.5. The van der Waals surface area contributed by atoms with Crippen molar-refractivity contribution in [3.8, 4) is 0 Å². The Labute approximate surface area is 106 Å². The molecule has 1 aromatic carbocycles. The van der Waals surface area contributed by atoms with Crippen molar-refractivity contribution in [1.29, 1.82) is 0 Å². The Morgan fingerprint density at radius 3 is 2.71 bits per heavy atom. The molecule has 2 rings (SSSR count). The van der Waals surface area contributed by atoms with Gasteiger partial charge in [-0.1, -0.05) is 30.3 Å². The highest BCUT2D eigenvalue weighted by molar-refractivity contribution is 6.66. The predicted molar refractivity (Wildman–Crippen MR) is 70.3 cm³/mol. The van der Waals surface area contributed by atoms with Gasteiger partial charge in [-0.15, -0.1) is 0 Å². The van der Waals surface area contributed by atoms with Crippen LogP contribution >= 0.6 is 11.6 Å². The quantitative estimate of drug-likeness (QED) is 0.458. The Kier molecular flexibility index (Phi) is 4.71. The molecule has 3 nitrogen and oxygen atoms in total. The zero-order valence-electron chi connectivity index (χ0n) is 9.68. The second-order valence-corrected chi connectivity index (χ2v) is 4.37. The standard InChI is InChI=1S/C13H16ClN2O/c14-13(10-12-4-2-1-3-5-12)15-11-16-6-8-17-9-7-16/h1-5,11H,6-10H2/q+1. The largest absolute Gasteiger partial charge is 0.373 e. The second-order valence-electron chi connectivity index (χ2n) is 3.93. The lowest BCUT2D eigenvalue weighted by molar-refractivity contribution is -0.545. The van der Waals surface area contributed by atoms with Gasteiger partial charge in [0.25, 0.3) is 6.34 Å². The minimum Gasteiger partial charge on any atom is -0.373 e. The fourth-order valence-electron chi connectivity index (χ4n) is 1.65. The summed E-state index contributed by atoms with van der Waals surface area (Å²) in [4.78, 5) is 4.27. The Morgan fingerprint density at radius 2 is 2.00 bits per heavy atom. The molecule has 0 saturated carbocycles. The van der Waals surface area contributed by atoms with Gasteiger partial charge in [0.15, 0.2) is 0 Å². The SMILES string of the molecule is ClC(Cc1ccccc1)=NC=[N+]1CCOCC1. The van der Waals surface area contributed by atoms with E-state index < -0.39 is 0 Å². The first-order valence-electron chi connectivity index (χ1n) is 5.76. The molecule has 0 radical (unpaired) electrons. The molecule has 0 atom stereocenters. The zero-order chi connectivity index (χ0) is 11.9. The van der Waals surface area contributed by atoms with Crippen molar-refractivity contribution in [2.45, 2.75) is 6.42 Å². The summed E-state index contributed by atoms with van der Waals surface area (Å²) in [6.45, 7) is 3.31. The van der Waals surface area contributed by atoms with E-state index in [0.717, 1.165) is 26.3 Å². The first kappa shape index (κ1) is 12.3. The Bertz CT molecular complexity index is 407. The van der Waals surface area contributed by atoms with Crippen molar-refractivity contribution in [1.82, 2.24) is 0 Å². The fraction of sp³-hybridized carbons (Fsp3) is 0.385. The number of morpholine rings is 1. The van der Waals surface area contributed by atoms with Crippen LogP contribution in [-0.2, 0) is 11.2 Å². The summed E-state index contributed by atoms with van der Waals surface area (Å²) in [5.74, 6) is 0. The van der Waals surface area contributed by atoms with E-state index >= 15 is 0 Å². The van der Waals surface area contributed by atoms with E-state index in [0.29, 0.717) is 11.6 Å². The van der Waals surface area contributed by atoms with Crippen molar-refractivity contribution >= 4 is 23.1 Å². The number of aliphatic imine (C=N–C) groups is 1. The van der Waals surface area contributed by atoms with Gasteiger partial charge in [-0.3, -0.25) is 4.58 Å². The number of nitrogens with zero attached hydrogens (tertiary/aromatic N) is 2. The van der Waals surface area contributed by atoms with Gasteiger partial charge >= 0.3 is 0 Å². The first-order valence-corrected chi connectivity index (χ1v) is 6.13. The van der Waals surface area contributed by atoms with Crippen LogP contribution in [0.4, 0.5) is 0 Å². The van der Waals surface area contributed by atoms with Crippen LogP contribution in [0.1, 0.15) is 5.56 Å². The van der Waals surface area contributed by atoms with Gasteiger partial charge < -0.3 is 4.74 Å². The molecule has 0 aromatic heterocycles. The van der Waals surface area contributed by atoms with Crippen LogP contribution in [0, 0.1) is 0 Å². The molecule has 4 heteroatoms. The minimum atomic E-state index is 0.614. The average Bonchev–Trinajstić information content (AvgIpc) is 2.39. The van der Waals surface area contributed by atoms with E-state index in [1.54, 1.807) is 0 Å². The van der Waals surface area contributed by atoms with Gasteiger partial charge in [0.1, 0.15) is 13.1 Å². The smallest absolute Gasteiger partial charge is 0.283 e. The monoisotopic (exact) mass is 251 g/mol. The lowest BCUT2D eigenvalue weighted by atomic mass is 10.2. The third-order valence-electron chi connectivity index (χ3n) is 2.60. The van der Waals surface area contributed by atoms with Crippen LogP contribution in [0.2, 0.25) is 0 Å². The van der Waals surface area contributed by atoms with Crippen LogP contribution < -0.4 is 0 Å². The highest BCUT2D eigenvalue weighted by Gasteiger charge is 2.08. The van der Waals surface area contributed by atoms with Gasteiger partial charge in [0.05, 0.1) is 19.6 Å². The zero-order valence-corrected chi connectivity index (χ0v) is 10.4. The molecule has 0 N–H and O–H groups in total. The Balaban J connectivity index is 1.93. The lowest BCUT2D eigenvalue weighted by Crippen LogP contribution is -2.29. The predicted octanol–water partition coefficient (Wildman–Crippen LogP) is 1.94. The number of hydrogen-bond acceptors (Lipinski definition) is 1. The summed E-state index contributed by atoms with van der Waals surface area (Å²) < 4.78 is 7.38. The molecule has 1 aliphatic rings. The molecule has 17 heavy (non-hydrogen) atoms. The Morgan fingerprint density at radius 1 is 1.29 bits per heavy atom. The van der Waals surface area contributed by atoms with Gasteiger partial charge in [0, 0.05) is 0 Å². The molecule has 1 aromatic rings. The van der Waals surface area contributed by atoms with E-state index in [1.165, 1.54) is 5.56 Å². The van der Waals surface area contributed by atoms with Crippen LogP contribution in [0.25, 0.3) is 0 Å². The van der Waals surface area contributed by atoms with E-state index in [1.807, 2.05) is 36.7 Å². The summed E-state index contributed by atoms with van der Waals surface area (Å²) in [6.07, 6.45) is 2.50. The second kappa shape index (κ2) is 6.52. The van der Waals surface area contributed by atoms with Crippen molar-refractivity contribution in [3.05, 3.63) is 35.9 Å². The highest BCUT2D eigenvalue weighted by Crippen LogP contribution is 2.03. The third kappa shape index (κ3) is 4.29. The van der Waals surface area contributed by atoms with E-state index in [-0.39, 0.29) is 0 Å². The maximum Gasteiger partial charge on any atom is 0.283 e. The Hall–Kier alpha value is -1.19. The molecule has 0 spiro atoms. The first-order chi connectivity index (χ1) is 8.34. The molecule has 0 amide bonds. The maximum atomic E-state index is 6.10. The number of rotatable bonds is 3. The number of hydrogen-bond donors (Lipinski definition) is 0. The minimum absolute atomic E-state index is 0.614. The molecule has 0 unspecified atom stereocenters. The summed E-state index contributed by atoms with van der Waals surface area (Å²) in [6, 6.07) is 10.1. The molecule has 1 heterocycles. The van der Waals surface area contributed by atoms with Crippen molar-refractivity contribution in [2.24, 2.45) is 4.99 Å². The normalized spacial score (nSPS) is 17.0. The van der Waals surface area contributed by atoms with Gasteiger partial charge in [0.2, 0.25) is 5.17 Å². The van der Waals surface area contributed by atoms with Crippen LogP contribution in [0.5, 0.6) is 0 Å². The molecular formula is C13H16ClN2O+. The van der Waals surface area contributed by atoms with E-state index in [9.17, 15) is 0 Å². The van der Waals surface area contributed by atoms with E-state index in [2.05, 4.69) is 9.57 Å². The molecule has 1 aliphatic heterocycles. The molecule has 0 bridgehead atoms. The van der Waals surface area contributed by atoms with Crippen LogP contribution in [0.15, 0.2) is 35.3 Å². The molecule has 1 saturated heterocycles. The number of ether oxygens (including phenoxy) is 1. The van der Waals surface area contributed by atoms with Crippen molar-refractivity contribution in [3.63, 3.8) is 0 Å². The van der Waals surface area contributed by atoms with Crippen LogP contribution in [-0.4, -0.2) is 42.4 Å². The average molecular weight is 252 g/mol. The van der Waals surface area contributed by atoms with E-state index in [4.69, 9.17) is 16.3 Å².